The van der Waals surface area contributed by atoms with Gasteiger partial charge in [0.25, 0.3) is 0 Å². The van der Waals surface area contributed by atoms with Crippen molar-refractivity contribution in [3.63, 3.8) is 0 Å². The first-order valence-electron chi connectivity index (χ1n) is 8.42. The van der Waals surface area contributed by atoms with Crippen LogP contribution in [-0.2, 0) is 25.7 Å². The number of hydrogen-bond donors (Lipinski definition) is 2. The summed E-state index contributed by atoms with van der Waals surface area (Å²) in [5, 5.41) is 12.5. The molecule has 6 nitrogen and oxygen atoms in total. The Bertz CT molecular complexity index is 601. The Morgan fingerprint density at radius 2 is 2.12 bits per heavy atom. The highest BCUT2D eigenvalue weighted by atomic mass is 16.5. The lowest BCUT2D eigenvalue weighted by molar-refractivity contribution is -0.154. The minimum Gasteiger partial charge on any atom is -0.459 e. The number of carbonyl (C=O) groups is 2. The smallest absolute Gasteiger partial charge is 0.337 e. The van der Waals surface area contributed by atoms with Gasteiger partial charge in [0.05, 0.1) is 18.6 Å². The fourth-order valence-corrected chi connectivity index (χ4v) is 2.77. The van der Waals surface area contributed by atoms with Crippen molar-refractivity contribution in [3.8, 4) is 0 Å². The second-order valence-corrected chi connectivity index (χ2v) is 6.24. The maximum Gasteiger partial charge on any atom is 0.337 e. The van der Waals surface area contributed by atoms with Gasteiger partial charge in [0, 0.05) is 6.61 Å². The van der Waals surface area contributed by atoms with Gasteiger partial charge >= 0.3 is 5.97 Å². The van der Waals surface area contributed by atoms with Crippen LogP contribution in [0.15, 0.2) is 42.5 Å². The third-order valence-electron chi connectivity index (χ3n) is 4.11. The Balaban J connectivity index is 1.78. The van der Waals surface area contributed by atoms with Gasteiger partial charge in [-0.05, 0) is 25.3 Å². The molecule has 0 aliphatic carbocycles. The first kappa shape index (κ1) is 19.1. The van der Waals surface area contributed by atoms with E-state index in [0.717, 1.165) is 17.6 Å². The van der Waals surface area contributed by atoms with E-state index in [4.69, 9.17) is 9.47 Å². The van der Waals surface area contributed by atoms with Crippen molar-refractivity contribution in [2.75, 3.05) is 13.2 Å². The number of amides is 1. The molecule has 0 saturated carbocycles. The molecule has 1 saturated heterocycles. The van der Waals surface area contributed by atoms with Gasteiger partial charge in [0.2, 0.25) is 5.91 Å². The molecule has 3 atom stereocenters. The highest BCUT2D eigenvalue weighted by Gasteiger charge is 2.32. The molecule has 0 radical (unpaired) electrons. The van der Waals surface area contributed by atoms with Crippen molar-refractivity contribution >= 4 is 11.9 Å². The summed E-state index contributed by atoms with van der Waals surface area (Å²) in [6.45, 7) is 6.19. The summed E-state index contributed by atoms with van der Waals surface area (Å²) in [5.74, 6) is -1.36. The molecule has 136 valence electrons. The molecule has 1 aromatic carbocycles. The Morgan fingerprint density at radius 1 is 1.40 bits per heavy atom. The van der Waals surface area contributed by atoms with Crippen molar-refractivity contribution in [1.82, 2.24) is 5.32 Å². The molecule has 1 unspecified atom stereocenters. The predicted molar refractivity (Wildman–Crippen MR) is 92.5 cm³/mol. The van der Waals surface area contributed by atoms with Crippen molar-refractivity contribution in [1.29, 1.82) is 0 Å². The van der Waals surface area contributed by atoms with E-state index < -0.39 is 12.1 Å². The number of benzene rings is 1. The van der Waals surface area contributed by atoms with Gasteiger partial charge in [-0.2, -0.15) is 0 Å². The van der Waals surface area contributed by atoms with E-state index in [-0.39, 0.29) is 31.1 Å². The molecule has 6 heteroatoms. The third kappa shape index (κ3) is 5.69. The van der Waals surface area contributed by atoms with Gasteiger partial charge in [0.15, 0.2) is 6.10 Å². The molecular formula is C19H25NO5. The Kier molecular flexibility index (Phi) is 7.16. The fraction of sp³-hybridized carbons (Fsp3) is 0.474. The first-order valence-corrected chi connectivity index (χ1v) is 8.42. The van der Waals surface area contributed by atoms with Gasteiger partial charge in [-0.1, -0.05) is 42.5 Å². The van der Waals surface area contributed by atoms with Crippen LogP contribution in [0.5, 0.6) is 0 Å². The van der Waals surface area contributed by atoms with Gasteiger partial charge in [0.1, 0.15) is 6.61 Å². The number of aliphatic hydroxyl groups is 1. The van der Waals surface area contributed by atoms with E-state index in [1.807, 2.05) is 37.3 Å². The second kappa shape index (κ2) is 9.34. The van der Waals surface area contributed by atoms with Crippen molar-refractivity contribution in [2.45, 2.75) is 38.6 Å². The van der Waals surface area contributed by atoms with Crippen LogP contribution in [0, 0.1) is 5.92 Å². The lowest BCUT2D eigenvalue weighted by Crippen LogP contribution is -2.45. The fourth-order valence-electron chi connectivity index (χ4n) is 2.77. The number of ether oxygens (including phenoxy) is 2. The van der Waals surface area contributed by atoms with Crippen LogP contribution in [0.1, 0.15) is 25.3 Å². The minimum atomic E-state index is -1.40. The maximum absolute atomic E-state index is 12.3. The number of nitrogens with one attached hydrogen (secondary N) is 1. The zero-order chi connectivity index (χ0) is 18.2. The number of hydrogen-bond acceptors (Lipinski definition) is 5. The molecule has 25 heavy (non-hydrogen) atoms. The number of esters is 1. The van der Waals surface area contributed by atoms with Crippen molar-refractivity contribution in [3.05, 3.63) is 48.0 Å². The molecule has 1 aliphatic rings. The average Bonchev–Trinajstić information content (AvgIpc) is 2.64. The van der Waals surface area contributed by atoms with E-state index >= 15 is 0 Å². The zero-order valence-electron chi connectivity index (χ0n) is 14.4. The van der Waals surface area contributed by atoms with Gasteiger partial charge < -0.3 is 19.9 Å². The van der Waals surface area contributed by atoms with Crippen LogP contribution >= 0.6 is 0 Å². The molecule has 0 aromatic heterocycles. The van der Waals surface area contributed by atoms with Gasteiger partial charge in [-0.3, -0.25) is 4.79 Å². The van der Waals surface area contributed by atoms with E-state index in [0.29, 0.717) is 13.0 Å². The molecule has 1 aliphatic heterocycles. The van der Waals surface area contributed by atoms with Crippen molar-refractivity contribution < 1.29 is 24.2 Å². The predicted octanol–water partition coefficient (Wildman–Crippen LogP) is 1.58. The maximum atomic E-state index is 12.3. The standard InChI is InChI=1S/C19H25NO5/c1-13(2)17-15(9-6-10-24-17)18(22)20-11-16(21)19(23)25-12-14-7-4-3-5-8-14/h3-5,7-8,15-17,21H,1,6,9-12H2,2H3,(H,20,22)/t15-,16?,17-/m0/s1. The normalized spacial score (nSPS) is 21.2. The molecule has 0 bridgehead atoms. The first-order chi connectivity index (χ1) is 12.0. The summed E-state index contributed by atoms with van der Waals surface area (Å²) in [6, 6.07) is 9.18. The van der Waals surface area contributed by atoms with E-state index in [2.05, 4.69) is 11.9 Å². The summed E-state index contributed by atoms with van der Waals surface area (Å²) < 4.78 is 10.6. The molecule has 2 rings (SSSR count). The molecule has 1 heterocycles. The third-order valence-corrected chi connectivity index (χ3v) is 4.11. The summed E-state index contributed by atoms with van der Waals surface area (Å²) >= 11 is 0. The summed E-state index contributed by atoms with van der Waals surface area (Å²) in [6.07, 6.45) is -0.238. The quantitative estimate of drug-likeness (QED) is 0.578. The Hall–Kier alpha value is -2.18. The average molecular weight is 347 g/mol. The topological polar surface area (TPSA) is 84.9 Å². The zero-order valence-corrected chi connectivity index (χ0v) is 14.4. The second-order valence-electron chi connectivity index (χ2n) is 6.24. The highest BCUT2D eigenvalue weighted by molar-refractivity contribution is 5.81. The lowest BCUT2D eigenvalue weighted by Gasteiger charge is -2.31. The summed E-state index contributed by atoms with van der Waals surface area (Å²) in [7, 11) is 0. The van der Waals surface area contributed by atoms with Crippen LogP contribution in [0.4, 0.5) is 0 Å². The van der Waals surface area contributed by atoms with E-state index in [9.17, 15) is 14.7 Å². The van der Waals surface area contributed by atoms with Crippen LogP contribution in [0.2, 0.25) is 0 Å². The number of carbonyl (C=O) groups excluding carboxylic acids is 2. The highest BCUT2D eigenvalue weighted by Crippen LogP contribution is 2.25. The number of aliphatic hydroxyl groups excluding tert-OH is 1. The minimum absolute atomic E-state index is 0.0822. The SMILES string of the molecule is C=C(C)[C@@H]1OCCC[C@@H]1C(=O)NCC(O)C(=O)OCc1ccccc1. The van der Waals surface area contributed by atoms with Crippen LogP contribution in [0.3, 0.4) is 0 Å². The monoisotopic (exact) mass is 347 g/mol. The number of rotatable bonds is 7. The van der Waals surface area contributed by atoms with Gasteiger partial charge in [-0.15, -0.1) is 0 Å². The molecule has 1 aromatic rings. The molecule has 1 amide bonds. The Morgan fingerprint density at radius 3 is 2.80 bits per heavy atom. The molecule has 2 N–H and O–H groups in total. The Labute approximate surface area is 147 Å². The largest absolute Gasteiger partial charge is 0.459 e. The van der Waals surface area contributed by atoms with Gasteiger partial charge in [-0.25, -0.2) is 4.79 Å². The van der Waals surface area contributed by atoms with Crippen LogP contribution < -0.4 is 5.32 Å². The van der Waals surface area contributed by atoms with E-state index in [1.165, 1.54) is 0 Å². The lowest BCUT2D eigenvalue weighted by atomic mass is 9.89. The molecule has 1 fully saturated rings. The van der Waals surface area contributed by atoms with Crippen molar-refractivity contribution in [2.24, 2.45) is 5.92 Å². The summed E-state index contributed by atoms with van der Waals surface area (Å²) in [5.41, 5.74) is 1.62. The summed E-state index contributed by atoms with van der Waals surface area (Å²) in [4.78, 5) is 24.1. The molecular weight excluding hydrogens is 322 g/mol. The van der Waals surface area contributed by atoms with Crippen LogP contribution in [-0.4, -0.2) is 42.3 Å². The molecule has 0 spiro atoms. The van der Waals surface area contributed by atoms with E-state index in [1.54, 1.807) is 0 Å². The van der Waals surface area contributed by atoms with Crippen LogP contribution in [0.25, 0.3) is 0 Å².